The van der Waals surface area contributed by atoms with E-state index in [1.807, 2.05) is 6.20 Å². The van der Waals surface area contributed by atoms with Crippen molar-refractivity contribution in [3.63, 3.8) is 0 Å². The molecule has 1 aliphatic rings. The van der Waals surface area contributed by atoms with Crippen LogP contribution in [0.3, 0.4) is 0 Å². The number of anilines is 1. The van der Waals surface area contributed by atoms with Crippen molar-refractivity contribution in [2.24, 2.45) is 5.92 Å². The number of rotatable bonds is 6. The maximum atomic E-state index is 9.43. The summed E-state index contributed by atoms with van der Waals surface area (Å²) < 4.78 is 0. The van der Waals surface area contributed by atoms with Crippen LogP contribution in [0.4, 0.5) is 5.82 Å². The van der Waals surface area contributed by atoms with Crippen molar-refractivity contribution < 1.29 is 5.11 Å². The Kier molecular flexibility index (Phi) is 5.38. The molecule has 2 rings (SSSR count). The molecule has 1 aliphatic heterocycles. The maximum Gasteiger partial charge on any atom is 0.131 e. The number of aliphatic hydroxyl groups is 1. The molecule has 1 aromatic heterocycles. The Balaban J connectivity index is 2.02. The zero-order chi connectivity index (χ0) is 14.5. The number of pyridine rings is 1. The summed E-state index contributed by atoms with van der Waals surface area (Å²) in [7, 11) is 0. The van der Waals surface area contributed by atoms with Gasteiger partial charge in [0.05, 0.1) is 12.6 Å². The molecule has 0 spiro atoms. The smallest absolute Gasteiger partial charge is 0.131 e. The Morgan fingerprint density at radius 2 is 2.30 bits per heavy atom. The predicted octanol–water partition coefficient (Wildman–Crippen LogP) is 2.10. The lowest BCUT2D eigenvalue weighted by Crippen LogP contribution is -2.33. The lowest BCUT2D eigenvalue weighted by Gasteiger charge is -2.26. The number of aryl methyl sites for hydroxylation is 1. The first kappa shape index (κ1) is 15.3. The molecule has 20 heavy (non-hydrogen) atoms. The zero-order valence-corrected chi connectivity index (χ0v) is 12.9. The second-order valence-corrected chi connectivity index (χ2v) is 6.18. The van der Waals surface area contributed by atoms with E-state index in [1.165, 1.54) is 11.1 Å². The first-order chi connectivity index (χ1) is 9.61. The average Bonchev–Trinajstić information content (AvgIpc) is 2.86. The molecule has 0 aliphatic carbocycles. The van der Waals surface area contributed by atoms with E-state index in [4.69, 9.17) is 0 Å². The van der Waals surface area contributed by atoms with Crippen LogP contribution in [0, 0.1) is 12.8 Å². The average molecular weight is 277 g/mol. The van der Waals surface area contributed by atoms with Crippen LogP contribution in [0.2, 0.25) is 0 Å². The fraction of sp³-hybridized carbons (Fsp3) is 0.688. The van der Waals surface area contributed by atoms with E-state index in [2.05, 4.69) is 42.0 Å². The summed E-state index contributed by atoms with van der Waals surface area (Å²) in [6.07, 6.45) is 4.17. The van der Waals surface area contributed by atoms with Gasteiger partial charge in [-0.15, -0.1) is 0 Å². The highest BCUT2D eigenvalue weighted by atomic mass is 16.3. The lowest BCUT2D eigenvalue weighted by atomic mass is 10.1. The van der Waals surface area contributed by atoms with Crippen LogP contribution < -0.4 is 10.2 Å². The number of aromatic nitrogens is 1. The third-order valence-corrected chi connectivity index (χ3v) is 3.85. The Labute approximate surface area is 122 Å². The SMILES string of the molecule is Cc1cc(CNCC(C)C)cnc1N1CCCC1CO. The summed E-state index contributed by atoms with van der Waals surface area (Å²) in [5, 5.41) is 12.9. The van der Waals surface area contributed by atoms with Crippen molar-refractivity contribution in [1.29, 1.82) is 0 Å². The van der Waals surface area contributed by atoms with Crippen LogP contribution in [-0.2, 0) is 6.54 Å². The van der Waals surface area contributed by atoms with Gasteiger partial charge in [-0.05, 0) is 49.4 Å². The van der Waals surface area contributed by atoms with Crippen LogP contribution in [0.1, 0.15) is 37.8 Å². The molecular weight excluding hydrogens is 250 g/mol. The monoisotopic (exact) mass is 277 g/mol. The minimum Gasteiger partial charge on any atom is -0.394 e. The van der Waals surface area contributed by atoms with E-state index in [0.29, 0.717) is 5.92 Å². The van der Waals surface area contributed by atoms with Gasteiger partial charge in [-0.2, -0.15) is 0 Å². The third kappa shape index (κ3) is 3.70. The van der Waals surface area contributed by atoms with Crippen LogP contribution in [0.15, 0.2) is 12.3 Å². The molecule has 112 valence electrons. The van der Waals surface area contributed by atoms with E-state index in [0.717, 1.165) is 38.3 Å². The van der Waals surface area contributed by atoms with Crippen molar-refractivity contribution >= 4 is 5.82 Å². The van der Waals surface area contributed by atoms with Crippen molar-refractivity contribution in [2.75, 3.05) is 24.6 Å². The molecule has 4 heteroatoms. The van der Waals surface area contributed by atoms with Gasteiger partial charge in [-0.3, -0.25) is 0 Å². The number of hydrogen-bond acceptors (Lipinski definition) is 4. The second-order valence-electron chi connectivity index (χ2n) is 6.18. The molecule has 1 atom stereocenters. The zero-order valence-electron chi connectivity index (χ0n) is 12.9. The highest BCUT2D eigenvalue weighted by Crippen LogP contribution is 2.26. The Morgan fingerprint density at radius 3 is 2.95 bits per heavy atom. The number of nitrogens with zero attached hydrogens (tertiary/aromatic N) is 2. The van der Waals surface area contributed by atoms with E-state index in [9.17, 15) is 5.11 Å². The molecular formula is C16H27N3O. The topological polar surface area (TPSA) is 48.4 Å². The van der Waals surface area contributed by atoms with Crippen molar-refractivity contribution in [3.05, 3.63) is 23.4 Å². The van der Waals surface area contributed by atoms with Crippen LogP contribution in [0.25, 0.3) is 0 Å². The van der Waals surface area contributed by atoms with E-state index >= 15 is 0 Å². The first-order valence-corrected chi connectivity index (χ1v) is 7.65. The quantitative estimate of drug-likeness (QED) is 0.836. The molecule has 0 radical (unpaired) electrons. The molecule has 2 heterocycles. The molecule has 1 aromatic rings. The van der Waals surface area contributed by atoms with Gasteiger partial charge in [-0.25, -0.2) is 4.98 Å². The molecule has 0 aromatic carbocycles. The summed E-state index contributed by atoms with van der Waals surface area (Å²) >= 11 is 0. The first-order valence-electron chi connectivity index (χ1n) is 7.65. The highest BCUT2D eigenvalue weighted by molar-refractivity contribution is 5.49. The number of aliphatic hydroxyl groups excluding tert-OH is 1. The maximum absolute atomic E-state index is 9.43. The molecule has 1 saturated heterocycles. The largest absolute Gasteiger partial charge is 0.394 e. The standard InChI is InChI=1S/C16H27N3O/c1-12(2)8-17-9-14-7-13(3)16(18-10-14)19-6-4-5-15(19)11-20/h7,10,12,15,17,20H,4-6,8-9,11H2,1-3H3. The van der Waals surface area contributed by atoms with Gasteiger partial charge >= 0.3 is 0 Å². The fourth-order valence-electron chi connectivity index (χ4n) is 2.83. The molecule has 2 N–H and O–H groups in total. The third-order valence-electron chi connectivity index (χ3n) is 3.85. The van der Waals surface area contributed by atoms with Gasteiger partial charge in [0.25, 0.3) is 0 Å². The molecule has 0 bridgehead atoms. The Hall–Kier alpha value is -1.13. The minimum atomic E-state index is 0.221. The van der Waals surface area contributed by atoms with Crippen LogP contribution in [0.5, 0.6) is 0 Å². The van der Waals surface area contributed by atoms with Gasteiger partial charge in [-0.1, -0.05) is 13.8 Å². The van der Waals surface area contributed by atoms with Crippen LogP contribution in [-0.4, -0.2) is 35.8 Å². The number of nitrogens with one attached hydrogen (secondary N) is 1. The van der Waals surface area contributed by atoms with Gasteiger partial charge in [0, 0.05) is 19.3 Å². The highest BCUT2D eigenvalue weighted by Gasteiger charge is 2.25. The van der Waals surface area contributed by atoms with Crippen molar-refractivity contribution in [1.82, 2.24) is 10.3 Å². The lowest BCUT2D eigenvalue weighted by molar-refractivity contribution is 0.266. The summed E-state index contributed by atoms with van der Waals surface area (Å²) in [4.78, 5) is 6.88. The summed E-state index contributed by atoms with van der Waals surface area (Å²) in [6.45, 7) is 9.66. The van der Waals surface area contributed by atoms with Crippen molar-refractivity contribution in [3.8, 4) is 0 Å². The van der Waals surface area contributed by atoms with E-state index in [-0.39, 0.29) is 12.6 Å². The molecule has 0 saturated carbocycles. The summed E-state index contributed by atoms with van der Waals surface area (Å²) in [5.74, 6) is 1.70. The van der Waals surface area contributed by atoms with E-state index < -0.39 is 0 Å². The number of hydrogen-bond donors (Lipinski definition) is 2. The van der Waals surface area contributed by atoms with Gasteiger partial charge in [0.1, 0.15) is 5.82 Å². The fourth-order valence-corrected chi connectivity index (χ4v) is 2.83. The van der Waals surface area contributed by atoms with Gasteiger partial charge in [0.2, 0.25) is 0 Å². The molecule has 0 amide bonds. The molecule has 1 fully saturated rings. The summed E-state index contributed by atoms with van der Waals surface area (Å²) in [6, 6.07) is 2.45. The van der Waals surface area contributed by atoms with Gasteiger partial charge < -0.3 is 15.3 Å². The normalized spacial score (nSPS) is 19.1. The summed E-state index contributed by atoms with van der Waals surface area (Å²) in [5.41, 5.74) is 2.43. The minimum absolute atomic E-state index is 0.221. The van der Waals surface area contributed by atoms with Gasteiger partial charge in [0.15, 0.2) is 0 Å². The van der Waals surface area contributed by atoms with Crippen molar-refractivity contribution in [2.45, 2.75) is 46.2 Å². The Morgan fingerprint density at radius 1 is 1.50 bits per heavy atom. The predicted molar refractivity (Wildman–Crippen MR) is 83.0 cm³/mol. The Bertz CT molecular complexity index is 434. The van der Waals surface area contributed by atoms with E-state index in [1.54, 1.807) is 0 Å². The molecule has 1 unspecified atom stereocenters. The molecule has 4 nitrogen and oxygen atoms in total. The second kappa shape index (κ2) is 7.04. The van der Waals surface area contributed by atoms with Crippen LogP contribution >= 0.6 is 0 Å².